The Bertz CT molecular complexity index is 365. The summed E-state index contributed by atoms with van der Waals surface area (Å²) in [5.41, 5.74) is 0. The van der Waals surface area contributed by atoms with Crippen LogP contribution in [0.2, 0.25) is 0 Å². The molecule has 0 aromatic heterocycles. The fourth-order valence-corrected chi connectivity index (χ4v) is 3.66. The number of allylic oxidation sites excluding steroid dienone is 2. The predicted octanol–water partition coefficient (Wildman–Crippen LogP) is 6.13. The molecule has 0 fully saturated rings. The number of carbonyl (C=O) groups is 1. The van der Waals surface area contributed by atoms with E-state index in [1.807, 2.05) is 14.1 Å². The van der Waals surface area contributed by atoms with Crippen molar-refractivity contribution < 1.29 is 9.53 Å². The number of carbonyl (C=O) groups excluding carboxylic acids is 1. The van der Waals surface area contributed by atoms with Crippen molar-refractivity contribution >= 4 is 5.97 Å². The molecule has 1 aliphatic carbocycles. The second-order valence-electron chi connectivity index (χ2n) is 8.22. The molecule has 1 rings (SSSR count). The van der Waals surface area contributed by atoms with E-state index in [9.17, 15) is 4.79 Å². The Hall–Kier alpha value is -0.830. The molecule has 0 spiro atoms. The Morgan fingerprint density at radius 1 is 0.923 bits per heavy atom. The molecule has 0 saturated heterocycles. The van der Waals surface area contributed by atoms with Gasteiger partial charge >= 0.3 is 5.97 Å². The lowest BCUT2D eigenvalue weighted by Crippen LogP contribution is -2.16. The first-order valence-electron chi connectivity index (χ1n) is 11.2. The summed E-state index contributed by atoms with van der Waals surface area (Å²) < 4.78 is 5.25. The highest BCUT2D eigenvalue weighted by Gasteiger charge is 2.07. The molecule has 152 valence electrons. The average molecular weight is 366 g/mol. The molecule has 0 heterocycles. The van der Waals surface area contributed by atoms with Crippen molar-refractivity contribution in [1.82, 2.24) is 4.90 Å². The van der Waals surface area contributed by atoms with Crippen LogP contribution in [0.25, 0.3) is 0 Å². The molecule has 0 N–H and O–H groups in total. The fourth-order valence-electron chi connectivity index (χ4n) is 3.66. The van der Waals surface area contributed by atoms with Crippen LogP contribution in [0.5, 0.6) is 0 Å². The van der Waals surface area contributed by atoms with Crippen molar-refractivity contribution in [3.63, 3.8) is 0 Å². The standard InChI is InChI=1S/C23H43NO2/c1-24(2)20-15-21-26-23(25)19-12-10-8-6-4-3-5-7-9-11-16-22-17-13-14-18-22/h13,17,22H,3-12,14-16,18-21H2,1-2H3/t22-/m0/s1. The summed E-state index contributed by atoms with van der Waals surface area (Å²) in [7, 11) is 4.08. The van der Waals surface area contributed by atoms with E-state index in [0.717, 1.165) is 25.3 Å². The van der Waals surface area contributed by atoms with Crippen LogP contribution in [0, 0.1) is 5.92 Å². The summed E-state index contributed by atoms with van der Waals surface area (Å²) in [4.78, 5) is 13.7. The molecule has 0 unspecified atom stereocenters. The van der Waals surface area contributed by atoms with E-state index in [4.69, 9.17) is 4.74 Å². The maximum atomic E-state index is 11.6. The lowest BCUT2D eigenvalue weighted by atomic mass is 9.99. The van der Waals surface area contributed by atoms with Gasteiger partial charge in [-0.25, -0.2) is 0 Å². The Kier molecular flexibility index (Phi) is 14.6. The first kappa shape index (κ1) is 23.2. The number of hydrogen-bond donors (Lipinski definition) is 0. The third-order valence-corrected chi connectivity index (χ3v) is 5.33. The van der Waals surface area contributed by atoms with Crippen LogP contribution < -0.4 is 0 Å². The first-order valence-corrected chi connectivity index (χ1v) is 11.2. The van der Waals surface area contributed by atoms with Gasteiger partial charge in [-0.1, -0.05) is 69.9 Å². The second kappa shape index (κ2) is 16.4. The van der Waals surface area contributed by atoms with E-state index in [0.29, 0.717) is 13.0 Å². The molecule has 0 bridgehead atoms. The molecular formula is C23H43NO2. The van der Waals surface area contributed by atoms with Gasteiger partial charge < -0.3 is 9.64 Å². The molecule has 1 atom stereocenters. The molecule has 3 heteroatoms. The number of ether oxygens (including phenoxy) is 1. The molecule has 0 amide bonds. The Balaban J connectivity index is 1.72. The minimum atomic E-state index is -0.0168. The van der Waals surface area contributed by atoms with Crippen molar-refractivity contribution in [2.24, 2.45) is 5.92 Å². The lowest BCUT2D eigenvalue weighted by molar-refractivity contribution is -0.143. The minimum Gasteiger partial charge on any atom is -0.466 e. The summed E-state index contributed by atoms with van der Waals surface area (Å²) in [6, 6.07) is 0. The van der Waals surface area contributed by atoms with Crippen LogP contribution in [0.15, 0.2) is 12.2 Å². The lowest BCUT2D eigenvalue weighted by Gasteiger charge is -2.09. The van der Waals surface area contributed by atoms with Crippen molar-refractivity contribution in [3.05, 3.63) is 12.2 Å². The largest absolute Gasteiger partial charge is 0.466 e. The zero-order valence-electron chi connectivity index (χ0n) is 17.5. The topological polar surface area (TPSA) is 29.5 Å². The van der Waals surface area contributed by atoms with Gasteiger partial charge in [0.15, 0.2) is 0 Å². The molecule has 0 aromatic rings. The van der Waals surface area contributed by atoms with E-state index in [2.05, 4.69) is 17.1 Å². The third-order valence-electron chi connectivity index (χ3n) is 5.33. The smallest absolute Gasteiger partial charge is 0.305 e. The molecule has 26 heavy (non-hydrogen) atoms. The number of esters is 1. The summed E-state index contributed by atoms with van der Waals surface area (Å²) >= 11 is 0. The highest BCUT2D eigenvalue weighted by atomic mass is 16.5. The molecule has 3 nitrogen and oxygen atoms in total. The zero-order chi connectivity index (χ0) is 18.9. The van der Waals surface area contributed by atoms with Gasteiger partial charge in [-0.15, -0.1) is 0 Å². The van der Waals surface area contributed by atoms with Gasteiger partial charge in [0.25, 0.3) is 0 Å². The van der Waals surface area contributed by atoms with E-state index >= 15 is 0 Å². The highest BCUT2D eigenvalue weighted by molar-refractivity contribution is 5.69. The third kappa shape index (κ3) is 14.4. The van der Waals surface area contributed by atoms with E-state index in [1.54, 1.807) is 0 Å². The normalized spacial score (nSPS) is 16.5. The van der Waals surface area contributed by atoms with Crippen LogP contribution in [-0.4, -0.2) is 38.1 Å². The van der Waals surface area contributed by atoms with Crippen LogP contribution in [0.1, 0.15) is 96.3 Å². The molecular weight excluding hydrogens is 322 g/mol. The molecule has 0 saturated carbocycles. The minimum absolute atomic E-state index is 0.0168. The summed E-state index contributed by atoms with van der Waals surface area (Å²) in [5.74, 6) is 0.877. The van der Waals surface area contributed by atoms with Crippen LogP contribution in [0.4, 0.5) is 0 Å². The number of hydrogen-bond acceptors (Lipinski definition) is 3. The number of nitrogens with zero attached hydrogens (tertiary/aromatic N) is 1. The Morgan fingerprint density at radius 3 is 2.12 bits per heavy atom. The van der Waals surface area contributed by atoms with Gasteiger partial charge in [0.2, 0.25) is 0 Å². The van der Waals surface area contributed by atoms with Crippen molar-refractivity contribution in [2.75, 3.05) is 27.2 Å². The van der Waals surface area contributed by atoms with E-state index in [-0.39, 0.29) is 5.97 Å². The Morgan fingerprint density at radius 2 is 1.54 bits per heavy atom. The summed E-state index contributed by atoms with van der Waals surface area (Å²) in [6.07, 6.45) is 23.6. The maximum Gasteiger partial charge on any atom is 0.305 e. The second-order valence-corrected chi connectivity index (χ2v) is 8.22. The van der Waals surface area contributed by atoms with Gasteiger partial charge in [0.1, 0.15) is 0 Å². The predicted molar refractivity (Wildman–Crippen MR) is 111 cm³/mol. The molecule has 1 aliphatic rings. The van der Waals surface area contributed by atoms with Gasteiger partial charge in [-0.2, -0.15) is 0 Å². The molecule has 0 aliphatic heterocycles. The number of unbranched alkanes of at least 4 members (excludes halogenated alkanes) is 9. The van der Waals surface area contributed by atoms with Crippen LogP contribution in [0.3, 0.4) is 0 Å². The van der Waals surface area contributed by atoms with Gasteiger partial charge in [0, 0.05) is 13.0 Å². The Labute approximate surface area is 162 Å². The first-order chi connectivity index (χ1) is 12.7. The SMILES string of the molecule is CN(C)CCCOC(=O)CCCCCCCCCCCC[C@H]1C=CCC1. The summed E-state index contributed by atoms with van der Waals surface area (Å²) in [5, 5.41) is 0. The highest BCUT2D eigenvalue weighted by Crippen LogP contribution is 2.23. The fraction of sp³-hybridized carbons (Fsp3) is 0.870. The van der Waals surface area contributed by atoms with Gasteiger partial charge in [-0.05, 0) is 52.1 Å². The van der Waals surface area contributed by atoms with E-state index < -0.39 is 0 Å². The van der Waals surface area contributed by atoms with Crippen molar-refractivity contribution in [2.45, 2.75) is 96.3 Å². The van der Waals surface area contributed by atoms with Crippen LogP contribution in [-0.2, 0) is 9.53 Å². The average Bonchev–Trinajstić information content (AvgIpc) is 3.13. The monoisotopic (exact) mass is 365 g/mol. The molecule has 0 radical (unpaired) electrons. The van der Waals surface area contributed by atoms with Gasteiger partial charge in [0.05, 0.1) is 6.61 Å². The van der Waals surface area contributed by atoms with Gasteiger partial charge in [-0.3, -0.25) is 4.79 Å². The van der Waals surface area contributed by atoms with Crippen molar-refractivity contribution in [1.29, 1.82) is 0 Å². The summed E-state index contributed by atoms with van der Waals surface area (Å²) in [6.45, 7) is 1.54. The van der Waals surface area contributed by atoms with Crippen molar-refractivity contribution in [3.8, 4) is 0 Å². The van der Waals surface area contributed by atoms with Crippen LogP contribution >= 0.6 is 0 Å². The maximum absolute atomic E-state index is 11.6. The number of rotatable bonds is 17. The quantitative estimate of drug-likeness (QED) is 0.176. The molecule has 0 aromatic carbocycles. The zero-order valence-corrected chi connectivity index (χ0v) is 17.5. The van der Waals surface area contributed by atoms with E-state index in [1.165, 1.54) is 77.0 Å².